The van der Waals surface area contributed by atoms with Gasteiger partial charge in [0.05, 0.1) is 0 Å². The van der Waals surface area contributed by atoms with E-state index < -0.39 is 0 Å². The van der Waals surface area contributed by atoms with Gasteiger partial charge in [-0.05, 0) is 56.9 Å². The number of rotatable bonds is 4. The molecule has 156 valence electrons. The van der Waals surface area contributed by atoms with Gasteiger partial charge in [-0.2, -0.15) is 0 Å². The normalized spacial score (nSPS) is 12.0. The Kier molecular flexibility index (Phi) is 8.99. The average Bonchev–Trinajstić information content (AvgIpc) is 2.60. The molecule has 2 aromatic carbocycles. The Bertz CT molecular complexity index is 697. The summed E-state index contributed by atoms with van der Waals surface area (Å²) in [6.45, 7) is 25.1. The highest BCUT2D eigenvalue weighted by Gasteiger charge is 2.22. The second-order valence-corrected chi connectivity index (χ2v) is 10.3. The molecule has 0 N–H and O–H groups in total. The Hall–Kier alpha value is -1.56. The van der Waals surface area contributed by atoms with E-state index in [1.165, 1.54) is 22.3 Å². The monoisotopic (exact) mass is 380 g/mol. The zero-order valence-corrected chi connectivity index (χ0v) is 20.4. The van der Waals surface area contributed by atoms with Crippen molar-refractivity contribution in [1.29, 1.82) is 0 Å². The lowest BCUT2D eigenvalue weighted by atomic mass is 9.77. The molecule has 0 unspecified atom stereocenters. The van der Waals surface area contributed by atoms with Crippen molar-refractivity contribution in [3.8, 4) is 0 Å². The summed E-state index contributed by atoms with van der Waals surface area (Å²) in [6, 6.07) is 15.5. The Morgan fingerprint density at radius 3 is 1.21 bits per heavy atom. The van der Waals surface area contributed by atoms with Crippen molar-refractivity contribution < 1.29 is 0 Å². The molecule has 0 saturated carbocycles. The van der Waals surface area contributed by atoms with Crippen LogP contribution in [0.2, 0.25) is 0 Å². The van der Waals surface area contributed by atoms with E-state index in [0.29, 0.717) is 23.7 Å². The maximum atomic E-state index is 2.30. The molecule has 0 bridgehead atoms. The van der Waals surface area contributed by atoms with Crippen LogP contribution in [-0.4, -0.2) is 0 Å². The largest absolute Gasteiger partial charge is 0.0620 e. The third-order valence-corrected chi connectivity index (χ3v) is 5.39. The fourth-order valence-electron chi connectivity index (χ4n) is 3.95. The van der Waals surface area contributed by atoms with Gasteiger partial charge in [0.2, 0.25) is 0 Å². The van der Waals surface area contributed by atoms with Gasteiger partial charge in [-0.1, -0.05) is 119 Å². The third kappa shape index (κ3) is 6.50. The number of hydrogen-bond donors (Lipinski definition) is 0. The maximum Gasteiger partial charge on any atom is -0.0129 e. The molecular formula is C28H44. The van der Waals surface area contributed by atoms with Gasteiger partial charge in [0.15, 0.2) is 0 Å². The van der Waals surface area contributed by atoms with E-state index >= 15 is 0 Å². The van der Waals surface area contributed by atoms with Crippen molar-refractivity contribution in [2.75, 3.05) is 0 Å². The van der Waals surface area contributed by atoms with Crippen LogP contribution in [0.1, 0.15) is 128 Å². The van der Waals surface area contributed by atoms with Gasteiger partial charge in [-0.3, -0.25) is 0 Å². The summed E-state index contributed by atoms with van der Waals surface area (Å²) >= 11 is 0. The molecule has 0 atom stereocenters. The van der Waals surface area contributed by atoms with Gasteiger partial charge < -0.3 is 0 Å². The van der Waals surface area contributed by atoms with Crippen molar-refractivity contribution in [3.63, 3.8) is 0 Å². The zero-order chi connectivity index (χ0) is 21.6. The molecule has 2 aromatic rings. The summed E-state index contributed by atoms with van der Waals surface area (Å²) in [5.74, 6) is 2.50. The molecule has 0 radical (unpaired) electrons. The standard InChI is InChI=1S/C16H26.C12H18/c1-11(2)13-9-8-10-14(16(5,6)7)15(13)12(3)4;1-9(2)11-7-5-6-8-12(11)10(3)4/h8-12H,1-7H3;5-10H,1-4H3. The van der Waals surface area contributed by atoms with Crippen LogP contribution in [0.5, 0.6) is 0 Å². The molecule has 0 heterocycles. The van der Waals surface area contributed by atoms with Gasteiger partial charge in [-0.15, -0.1) is 0 Å². The summed E-state index contributed by atoms with van der Waals surface area (Å²) in [6.07, 6.45) is 0. The van der Waals surface area contributed by atoms with Crippen molar-refractivity contribution >= 4 is 0 Å². The van der Waals surface area contributed by atoms with E-state index in [2.05, 4.69) is 119 Å². The van der Waals surface area contributed by atoms with Gasteiger partial charge in [0.1, 0.15) is 0 Å². The molecule has 0 aliphatic rings. The lowest BCUT2D eigenvalue weighted by molar-refractivity contribution is 0.573. The quantitative estimate of drug-likeness (QED) is 0.496. The third-order valence-electron chi connectivity index (χ3n) is 5.39. The molecule has 0 nitrogen and oxygen atoms in total. The molecular weight excluding hydrogens is 336 g/mol. The molecule has 2 rings (SSSR count). The lowest BCUT2D eigenvalue weighted by Crippen LogP contribution is -2.16. The Morgan fingerprint density at radius 1 is 0.500 bits per heavy atom. The first-order chi connectivity index (χ1) is 12.9. The Morgan fingerprint density at radius 2 is 0.893 bits per heavy atom. The van der Waals surface area contributed by atoms with Crippen LogP contribution in [0.25, 0.3) is 0 Å². The highest BCUT2D eigenvalue weighted by atomic mass is 14.3. The van der Waals surface area contributed by atoms with E-state index in [4.69, 9.17) is 0 Å². The molecule has 0 fully saturated rings. The van der Waals surface area contributed by atoms with E-state index in [0.717, 1.165) is 0 Å². The molecule has 0 spiro atoms. The second kappa shape index (κ2) is 10.3. The van der Waals surface area contributed by atoms with E-state index in [-0.39, 0.29) is 5.41 Å². The molecule has 0 saturated heterocycles. The molecule has 0 heteroatoms. The summed E-state index contributed by atoms with van der Waals surface area (Å²) in [4.78, 5) is 0. The maximum absolute atomic E-state index is 2.30. The predicted molar refractivity (Wildman–Crippen MR) is 128 cm³/mol. The van der Waals surface area contributed by atoms with E-state index in [1.807, 2.05) is 0 Å². The van der Waals surface area contributed by atoms with Gasteiger partial charge in [-0.25, -0.2) is 0 Å². The predicted octanol–water partition coefficient (Wildman–Crippen LogP) is 9.16. The van der Waals surface area contributed by atoms with Crippen molar-refractivity contribution in [3.05, 3.63) is 70.3 Å². The molecule has 28 heavy (non-hydrogen) atoms. The van der Waals surface area contributed by atoms with Crippen LogP contribution in [0.3, 0.4) is 0 Å². The highest BCUT2D eigenvalue weighted by molar-refractivity contribution is 5.42. The summed E-state index contributed by atoms with van der Waals surface area (Å²) in [5.41, 5.74) is 7.81. The number of benzene rings is 2. The summed E-state index contributed by atoms with van der Waals surface area (Å²) in [7, 11) is 0. The summed E-state index contributed by atoms with van der Waals surface area (Å²) < 4.78 is 0. The minimum Gasteiger partial charge on any atom is -0.0620 e. The molecule has 0 aliphatic heterocycles. The smallest absolute Gasteiger partial charge is 0.0129 e. The van der Waals surface area contributed by atoms with Crippen molar-refractivity contribution in [2.45, 2.75) is 105 Å². The first-order valence-corrected chi connectivity index (χ1v) is 11.1. The fraction of sp³-hybridized carbons (Fsp3) is 0.571. The summed E-state index contributed by atoms with van der Waals surface area (Å²) in [5, 5.41) is 0. The SMILES string of the molecule is CC(C)c1cccc(C(C)(C)C)c1C(C)C.CC(C)c1ccccc1C(C)C. The van der Waals surface area contributed by atoms with Gasteiger partial charge in [0, 0.05) is 0 Å². The minimum atomic E-state index is 0.241. The van der Waals surface area contributed by atoms with Gasteiger partial charge >= 0.3 is 0 Å². The van der Waals surface area contributed by atoms with E-state index in [1.54, 1.807) is 5.56 Å². The van der Waals surface area contributed by atoms with Crippen LogP contribution in [0.15, 0.2) is 42.5 Å². The first kappa shape index (κ1) is 24.5. The van der Waals surface area contributed by atoms with Gasteiger partial charge in [0.25, 0.3) is 0 Å². The first-order valence-electron chi connectivity index (χ1n) is 11.1. The minimum absolute atomic E-state index is 0.241. The topological polar surface area (TPSA) is 0 Å². The van der Waals surface area contributed by atoms with Crippen LogP contribution >= 0.6 is 0 Å². The fourth-order valence-corrected chi connectivity index (χ4v) is 3.95. The molecule has 0 aromatic heterocycles. The highest BCUT2D eigenvalue weighted by Crippen LogP contribution is 2.35. The lowest BCUT2D eigenvalue weighted by Gasteiger charge is -2.28. The van der Waals surface area contributed by atoms with E-state index in [9.17, 15) is 0 Å². The zero-order valence-electron chi connectivity index (χ0n) is 20.4. The van der Waals surface area contributed by atoms with Crippen LogP contribution in [0.4, 0.5) is 0 Å². The van der Waals surface area contributed by atoms with Crippen LogP contribution in [0, 0.1) is 0 Å². The van der Waals surface area contributed by atoms with Crippen molar-refractivity contribution in [1.82, 2.24) is 0 Å². The van der Waals surface area contributed by atoms with Crippen LogP contribution in [-0.2, 0) is 5.41 Å². The molecule has 0 aliphatic carbocycles. The molecule has 0 amide bonds. The van der Waals surface area contributed by atoms with Crippen LogP contribution < -0.4 is 0 Å². The average molecular weight is 381 g/mol. The second-order valence-electron chi connectivity index (χ2n) is 10.3. The Labute approximate surface area is 175 Å². The van der Waals surface area contributed by atoms with Crippen molar-refractivity contribution in [2.24, 2.45) is 0 Å². The Balaban J connectivity index is 0.000000292. The number of hydrogen-bond acceptors (Lipinski definition) is 0.